The Morgan fingerprint density at radius 3 is 1.74 bits per heavy atom. The molecule has 4 heterocycles. The highest BCUT2D eigenvalue weighted by atomic mass is 32.1. The fourth-order valence-corrected chi connectivity index (χ4v) is 11.7. The van der Waals surface area contributed by atoms with Crippen LogP contribution in [0.1, 0.15) is 81.9 Å². The molecule has 0 fully saturated rings. The normalized spacial score (nSPS) is 11.8. The lowest BCUT2D eigenvalue weighted by Gasteiger charge is -2.28. The molecule has 0 saturated heterocycles. The van der Waals surface area contributed by atoms with E-state index in [1.165, 1.54) is 40.0 Å². The molecule has 0 saturated carbocycles. The number of thiophene rings is 4. The van der Waals surface area contributed by atoms with E-state index in [1.807, 2.05) is 25.1 Å². The van der Waals surface area contributed by atoms with E-state index < -0.39 is 0 Å². The highest BCUT2D eigenvalue weighted by molar-refractivity contribution is 7.30. The summed E-state index contributed by atoms with van der Waals surface area (Å²) in [6.07, 6.45) is 12.6. The molecule has 0 spiro atoms. The molecule has 0 radical (unpaired) electrons. The Hall–Kier alpha value is -5.69. The summed E-state index contributed by atoms with van der Waals surface area (Å²) >= 11 is 6.74. The molecule has 0 aliphatic carbocycles. The van der Waals surface area contributed by atoms with Crippen LogP contribution in [-0.4, -0.2) is 19.7 Å². The Morgan fingerprint density at radius 1 is 0.689 bits per heavy atom. The number of anilines is 3. The maximum Gasteiger partial charge on any atom is 0.299 e. The van der Waals surface area contributed by atoms with Crippen LogP contribution in [0, 0.1) is 17.9 Å². The molecule has 11 heteroatoms. The number of allylic oxidation sites excluding steroid dienone is 2. The van der Waals surface area contributed by atoms with Crippen molar-refractivity contribution in [3.63, 3.8) is 0 Å². The number of fused-ring (bicyclic) bond motifs is 2. The average molecular weight is 882 g/mol. The Kier molecular flexibility index (Phi) is 15.1. The summed E-state index contributed by atoms with van der Waals surface area (Å²) in [5.74, 6) is 1.57. The van der Waals surface area contributed by atoms with Crippen molar-refractivity contribution in [3.05, 3.63) is 124 Å². The number of carbonyl (C=O) groups is 1. The second kappa shape index (κ2) is 21.2. The second-order valence-corrected chi connectivity index (χ2v) is 19.0. The summed E-state index contributed by atoms with van der Waals surface area (Å²) in [4.78, 5) is 20.9. The van der Waals surface area contributed by atoms with Crippen LogP contribution in [0.2, 0.25) is 0 Å². The Morgan fingerprint density at radius 2 is 1.23 bits per heavy atom. The predicted octanol–water partition coefficient (Wildman–Crippen LogP) is 16.3. The molecule has 310 valence electrons. The summed E-state index contributed by atoms with van der Waals surface area (Å²) in [5, 5.41) is 9.29. The number of nitrogens with zero attached hydrogens (tertiary/aromatic N) is 3. The summed E-state index contributed by atoms with van der Waals surface area (Å²) in [5.41, 5.74) is 5.89. The van der Waals surface area contributed by atoms with E-state index in [2.05, 4.69) is 109 Å². The number of nitriles is 1. The van der Waals surface area contributed by atoms with Gasteiger partial charge in [-0.25, -0.2) is 4.85 Å². The Labute approximate surface area is 374 Å². The highest BCUT2D eigenvalue weighted by Gasteiger charge is 2.20. The zero-order valence-electron chi connectivity index (χ0n) is 34.6. The first kappa shape index (κ1) is 43.4. The highest BCUT2D eigenvalue weighted by Crippen LogP contribution is 2.45. The average Bonchev–Trinajstić information content (AvgIpc) is 4.05. The minimum atomic E-state index is -0.0314. The summed E-state index contributed by atoms with van der Waals surface area (Å²) < 4.78 is 22.4. The zero-order valence-corrected chi connectivity index (χ0v) is 37.8. The van der Waals surface area contributed by atoms with Crippen LogP contribution in [0.5, 0.6) is 11.5 Å². The zero-order chi connectivity index (χ0) is 42.6. The molecule has 0 amide bonds. The first-order valence-electron chi connectivity index (χ1n) is 20.6. The first-order chi connectivity index (χ1) is 29.9. The lowest BCUT2D eigenvalue weighted by molar-refractivity contribution is -0.124. The molecule has 0 bridgehead atoms. The van der Waals surface area contributed by atoms with E-state index in [0.29, 0.717) is 18.9 Å². The van der Waals surface area contributed by atoms with Crippen LogP contribution in [0.15, 0.2) is 102 Å². The largest absolute Gasteiger partial charge is 0.493 e. The minimum Gasteiger partial charge on any atom is -0.493 e. The molecule has 0 unspecified atom stereocenters. The van der Waals surface area contributed by atoms with Gasteiger partial charge in [-0.2, -0.15) is 5.26 Å². The van der Waals surface area contributed by atoms with Gasteiger partial charge in [0.15, 0.2) is 5.70 Å². The quantitative estimate of drug-likeness (QED) is 0.0235. The number of ether oxygens (including phenoxy) is 3. The third-order valence-corrected chi connectivity index (χ3v) is 14.6. The van der Waals surface area contributed by atoms with Gasteiger partial charge in [0.05, 0.1) is 25.5 Å². The topological polar surface area (TPSA) is 76.2 Å². The van der Waals surface area contributed by atoms with Crippen molar-refractivity contribution in [1.82, 2.24) is 0 Å². The number of carbonyl (C=O) groups excluding carboxylic acids is 1. The predicted molar refractivity (Wildman–Crippen MR) is 259 cm³/mol. The molecule has 7 nitrogen and oxygen atoms in total. The van der Waals surface area contributed by atoms with Crippen molar-refractivity contribution in [2.24, 2.45) is 0 Å². The smallest absolute Gasteiger partial charge is 0.299 e. The summed E-state index contributed by atoms with van der Waals surface area (Å²) in [6, 6.07) is 34.2. The molecule has 0 aliphatic heterocycles. The van der Waals surface area contributed by atoms with E-state index in [4.69, 9.17) is 20.8 Å². The molecule has 7 rings (SSSR count). The second-order valence-electron chi connectivity index (χ2n) is 14.6. The van der Waals surface area contributed by atoms with Gasteiger partial charge in [0.1, 0.15) is 17.6 Å². The number of hydrogen-bond donors (Lipinski definition) is 0. The number of unbranched alkanes of at least 4 members (excludes halogenated alkanes) is 6. The van der Waals surface area contributed by atoms with Crippen LogP contribution >= 0.6 is 45.3 Å². The Bertz CT molecular complexity index is 2660. The minimum absolute atomic E-state index is 0.0314. The van der Waals surface area contributed by atoms with Crippen molar-refractivity contribution >= 4 is 99.8 Å². The third kappa shape index (κ3) is 11.0. The van der Waals surface area contributed by atoms with Gasteiger partial charge >= 0.3 is 0 Å². The fourth-order valence-electron chi connectivity index (χ4n) is 6.94. The van der Waals surface area contributed by atoms with Crippen LogP contribution in [-0.2, 0) is 9.53 Å². The van der Waals surface area contributed by atoms with E-state index in [0.717, 1.165) is 89.4 Å². The maximum atomic E-state index is 10.8. The fraction of sp³-hybridized carbons (Fsp3) is 0.260. The molecular formula is C50H47N3O4S4. The van der Waals surface area contributed by atoms with Crippen molar-refractivity contribution in [3.8, 4) is 38.4 Å². The lowest BCUT2D eigenvalue weighted by atomic mass is 10.1. The lowest BCUT2D eigenvalue weighted by Crippen LogP contribution is -2.12. The van der Waals surface area contributed by atoms with Gasteiger partial charge in [-0.15, -0.1) is 45.3 Å². The van der Waals surface area contributed by atoms with Crippen molar-refractivity contribution < 1.29 is 19.0 Å². The van der Waals surface area contributed by atoms with Gasteiger partial charge in [0.25, 0.3) is 6.47 Å². The third-order valence-electron chi connectivity index (χ3n) is 10.1. The van der Waals surface area contributed by atoms with E-state index in [9.17, 15) is 10.1 Å². The molecule has 3 aromatic carbocycles. The van der Waals surface area contributed by atoms with Crippen LogP contribution in [0.25, 0.3) is 56.7 Å². The standard InChI is InChI=1S/C50H47N3O4S4/c1-5-7-9-11-23-55-39-21-22-43(44(27-39)56-24-12-10-8-6-2)53(37-17-13-35(14-18-37)45-30-49-47(60-45)28-41(58-49)25-34(3)52-4)38-19-15-36(16-20-38)46-31-50-48(61-46)29-42(59-50)26-40(32-51)57-33-54/h13-22,25-31,33H,5-12,23-24H2,1-3H3/b34-25-,40-26+. The molecule has 0 N–H and O–H groups in total. The van der Waals surface area contributed by atoms with Crippen molar-refractivity contribution in [2.75, 3.05) is 18.1 Å². The number of rotatable bonds is 21. The molecule has 4 aromatic heterocycles. The van der Waals surface area contributed by atoms with Gasteiger partial charge in [-0.1, -0.05) is 76.6 Å². The van der Waals surface area contributed by atoms with E-state index in [1.54, 1.807) is 51.4 Å². The molecule has 0 aliphatic rings. The van der Waals surface area contributed by atoms with Crippen molar-refractivity contribution in [2.45, 2.75) is 72.1 Å². The van der Waals surface area contributed by atoms with Crippen LogP contribution in [0.3, 0.4) is 0 Å². The van der Waals surface area contributed by atoms with Gasteiger partial charge < -0.3 is 19.1 Å². The van der Waals surface area contributed by atoms with E-state index in [-0.39, 0.29) is 12.2 Å². The summed E-state index contributed by atoms with van der Waals surface area (Å²) in [7, 11) is 0. The van der Waals surface area contributed by atoms with Crippen LogP contribution in [0.4, 0.5) is 17.1 Å². The molecular weight excluding hydrogens is 835 g/mol. The summed E-state index contributed by atoms with van der Waals surface area (Å²) in [6.45, 7) is 15.2. The monoisotopic (exact) mass is 881 g/mol. The maximum absolute atomic E-state index is 10.8. The Balaban J connectivity index is 1.22. The van der Waals surface area contributed by atoms with Gasteiger partial charge in [-0.05, 0) is 97.6 Å². The van der Waals surface area contributed by atoms with Crippen LogP contribution < -0.4 is 14.4 Å². The first-order valence-corrected chi connectivity index (χ1v) is 23.9. The van der Waals surface area contributed by atoms with Gasteiger partial charge in [-0.3, -0.25) is 4.79 Å². The van der Waals surface area contributed by atoms with Crippen molar-refractivity contribution in [1.29, 1.82) is 5.26 Å². The SMILES string of the molecule is [C-]#[N+]/C(C)=C\c1cc2sc(-c3ccc(N(c4ccc(-c5cc6sc(/C=C(\C#N)OC=O)cc6s5)cc4)c4ccc(OCCCCCC)cc4OCCCCCC)cc3)cc2s1. The molecule has 0 atom stereocenters. The van der Waals surface area contributed by atoms with E-state index >= 15 is 0 Å². The number of benzene rings is 3. The van der Waals surface area contributed by atoms with Gasteiger partial charge in [0, 0.05) is 61.8 Å². The molecule has 7 aromatic rings. The van der Waals surface area contributed by atoms with Gasteiger partial charge in [0.2, 0.25) is 5.76 Å². The molecule has 61 heavy (non-hydrogen) atoms. The number of hydrogen-bond acceptors (Lipinski definition) is 10.